The van der Waals surface area contributed by atoms with Gasteiger partial charge in [0.25, 0.3) is 0 Å². The van der Waals surface area contributed by atoms with Crippen LogP contribution >= 0.6 is 0 Å². The Hall–Kier alpha value is -0.0800. The molecule has 0 unspecified atom stereocenters. The molecule has 0 aliphatic rings. The molecular weight excluding hydrogens is 78.0 g/mol. The van der Waals surface area contributed by atoms with Crippen LogP contribution in [0, 0.1) is 0 Å². The Morgan fingerprint density at radius 3 is 1.50 bits per heavy atom. The topological polar surface area (TPSA) is 44.2 Å². The summed E-state index contributed by atoms with van der Waals surface area (Å²) in [4.78, 5) is 0. The minimum absolute atomic E-state index is 0. The molecule has 0 radical (unpaired) electrons. The van der Waals surface area contributed by atoms with Crippen LogP contribution in [0.15, 0.2) is 0 Å². The van der Waals surface area contributed by atoms with Gasteiger partial charge in [-0.25, -0.2) is 0 Å². The van der Waals surface area contributed by atoms with E-state index in [0.29, 0.717) is 6.10 Å². The Morgan fingerprint density at radius 2 is 1.50 bits per heavy atom. The van der Waals surface area contributed by atoms with Crippen molar-refractivity contribution in [3.63, 3.8) is 0 Å². The average molecular weight is 91.2 g/mol. The van der Waals surface area contributed by atoms with Crippen LogP contribution in [0.2, 0.25) is 0 Å². The maximum absolute atomic E-state index is 4.75. The normalized spacial score (nSPS) is 8.00. The lowest BCUT2D eigenvalue weighted by molar-refractivity contribution is 0.134. The molecule has 0 atom stereocenters. The SMILES string of the molecule is COC(C)C.N. The lowest BCUT2D eigenvalue weighted by Crippen LogP contribution is -1.94. The maximum Gasteiger partial charge on any atom is 0.0515 e. The third-order valence-corrected chi connectivity index (χ3v) is 0.471. The molecule has 6 heavy (non-hydrogen) atoms. The molecular formula is C4H13NO. The molecule has 0 saturated heterocycles. The number of hydrogen-bond donors (Lipinski definition) is 1. The van der Waals surface area contributed by atoms with Gasteiger partial charge in [-0.3, -0.25) is 0 Å². The number of ether oxygens (including phenoxy) is 1. The molecule has 0 fully saturated rings. The van der Waals surface area contributed by atoms with Gasteiger partial charge in [0, 0.05) is 7.11 Å². The Labute approximate surface area is 39.1 Å². The molecule has 0 spiro atoms. The summed E-state index contributed by atoms with van der Waals surface area (Å²) in [6, 6.07) is 0. The fourth-order valence-electron chi connectivity index (χ4n) is 0. The van der Waals surface area contributed by atoms with E-state index < -0.39 is 0 Å². The first-order chi connectivity index (χ1) is 2.27. The van der Waals surface area contributed by atoms with Crippen molar-refractivity contribution in [1.29, 1.82) is 0 Å². The minimum Gasteiger partial charge on any atom is -0.382 e. The van der Waals surface area contributed by atoms with Gasteiger partial charge in [-0.1, -0.05) is 0 Å². The van der Waals surface area contributed by atoms with E-state index in [-0.39, 0.29) is 6.15 Å². The quantitative estimate of drug-likeness (QED) is 0.527. The van der Waals surface area contributed by atoms with E-state index in [1.807, 2.05) is 13.8 Å². The van der Waals surface area contributed by atoms with Crippen molar-refractivity contribution in [2.24, 2.45) is 0 Å². The summed E-state index contributed by atoms with van der Waals surface area (Å²) in [6.07, 6.45) is 0.384. The molecule has 0 saturated carbocycles. The summed E-state index contributed by atoms with van der Waals surface area (Å²) >= 11 is 0. The largest absolute Gasteiger partial charge is 0.382 e. The molecule has 0 aliphatic carbocycles. The fraction of sp³-hybridized carbons (Fsp3) is 1.00. The highest BCUT2D eigenvalue weighted by Crippen LogP contribution is 1.77. The van der Waals surface area contributed by atoms with Gasteiger partial charge in [0.15, 0.2) is 0 Å². The maximum atomic E-state index is 4.75. The summed E-state index contributed by atoms with van der Waals surface area (Å²) in [6.45, 7) is 4.00. The van der Waals surface area contributed by atoms with Crippen molar-refractivity contribution in [2.45, 2.75) is 20.0 Å². The predicted molar refractivity (Wildman–Crippen MR) is 27.2 cm³/mol. The molecule has 3 N–H and O–H groups in total. The van der Waals surface area contributed by atoms with Crippen molar-refractivity contribution in [3.8, 4) is 0 Å². The van der Waals surface area contributed by atoms with Gasteiger partial charge in [0.2, 0.25) is 0 Å². The lowest BCUT2D eigenvalue weighted by Gasteiger charge is -1.94. The second-order valence-corrected chi connectivity index (χ2v) is 1.28. The standard InChI is InChI=1S/C4H10O.H3N/c1-4(2)5-3;/h4H,1-3H3;1H3. The molecule has 0 amide bonds. The van der Waals surface area contributed by atoms with Gasteiger partial charge in [-0.2, -0.15) is 0 Å². The third kappa shape index (κ3) is 9.07. The van der Waals surface area contributed by atoms with Crippen LogP contribution < -0.4 is 6.15 Å². The zero-order valence-electron chi connectivity index (χ0n) is 4.69. The molecule has 40 valence electrons. The van der Waals surface area contributed by atoms with E-state index in [2.05, 4.69) is 0 Å². The molecule has 0 heterocycles. The highest BCUT2D eigenvalue weighted by molar-refractivity contribution is 4.27. The van der Waals surface area contributed by atoms with Gasteiger partial charge in [0.05, 0.1) is 6.10 Å². The van der Waals surface area contributed by atoms with Gasteiger partial charge >= 0.3 is 0 Å². The molecule has 2 nitrogen and oxygen atoms in total. The van der Waals surface area contributed by atoms with Crippen molar-refractivity contribution >= 4 is 0 Å². The van der Waals surface area contributed by atoms with Crippen LogP contribution in [-0.2, 0) is 4.74 Å². The zero-order valence-corrected chi connectivity index (χ0v) is 4.69. The van der Waals surface area contributed by atoms with Gasteiger partial charge in [-0.05, 0) is 13.8 Å². The third-order valence-electron chi connectivity index (χ3n) is 0.471. The van der Waals surface area contributed by atoms with Crippen LogP contribution in [0.4, 0.5) is 0 Å². The van der Waals surface area contributed by atoms with Crippen LogP contribution in [-0.4, -0.2) is 13.2 Å². The van der Waals surface area contributed by atoms with Crippen molar-refractivity contribution in [1.82, 2.24) is 6.15 Å². The Bertz CT molecular complexity index is 21.5. The van der Waals surface area contributed by atoms with Crippen LogP contribution in [0.25, 0.3) is 0 Å². The van der Waals surface area contributed by atoms with Crippen molar-refractivity contribution in [2.75, 3.05) is 7.11 Å². The predicted octanol–water partition coefficient (Wildman–Crippen LogP) is 1.20. The van der Waals surface area contributed by atoms with E-state index in [4.69, 9.17) is 4.74 Å². The van der Waals surface area contributed by atoms with Gasteiger partial charge < -0.3 is 10.9 Å². The van der Waals surface area contributed by atoms with Crippen LogP contribution in [0.5, 0.6) is 0 Å². The van der Waals surface area contributed by atoms with Crippen LogP contribution in [0.3, 0.4) is 0 Å². The zero-order chi connectivity index (χ0) is 4.28. The molecule has 0 bridgehead atoms. The molecule has 0 aliphatic heterocycles. The molecule has 0 aromatic rings. The Balaban J connectivity index is 0. The van der Waals surface area contributed by atoms with Gasteiger partial charge in [0.1, 0.15) is 0 Å². The second kappa shape index (κ2) is 4.92. The summed E-state index contributed by atoms with van der Waals surface area (Å²) in [5.41, 5.74) is 0. The van der Waals surface area contributed by atoms with E-state index in [0.717, 1.165) is 0 Å². The minimum atomic E-state index is 0. The van der Waals surface area contributed by atoms with Crippen LogP contribution in [0.1, 0.15) is 13.8 Å². The van der Waals surface area contributed by atoms with E-state index in [9.17, 15) is 0 Å². The Kier molecular flexibility index (Phi) is 7.65. The van der Waals surface area contributed by atoms with E-state index in [1.54, 1.807) is 7.11 Å². The molecule has 0 aromatic heterocycles. The van der Waals surface area contributed by atoms with Gasteiger partial charge in [-0.15, -0.1) is 0 Å². The summed E-state index contributed by atoms with van der Waals surface area (Å²) in [5.74, 6) is 0. The average Bonchev–Trinajstić information content (AvgIpc) is 1.38. The second-order valence-electron chi connectivity index (χ2n) is 1.28. The number of methoxy groups -OCH3 is 1. The monoisotopic (exact) mass is 91.1 g/mol. The smallest absolute Gasteiger partial charge is 0.0515 e. The fourth-order valence-corrected chi connectivity index (χ4v) is 0. The van der Waals surface area contributed by atoms with Crippen molar-refractivity contribution in [3.05, 3.63) is 0 Å². The highest BCUT2D eigenvalue weighted by atomic mass is 16.5. The van der Waals surface area contributed by atoms with E-state index >= 15 is 0 Å². The Morgan fingerprint density at radius 1 is 1.33 bits per heavy atom. The van der Waals surface area contributed by atoms with Crippen molar-refractivity contribution < 1.29 is 4.74 Å². The number of hydrogen-bond acceptors (Lipinski definition) is 2. The lowest BCUT2D eigenvalue weighted by atomic mass is 10.5. The molecule has 0 rings (SSSR count). The van der Waals surface area contributed by atoms with E-state index in [1.165, 1.54) is 0 Å². The first-order valence-electron chi connectivity index (χ1n) is 1.80. The summed E-state index contributed by atoms with van der Waals surface area (Å²) < 4.78 is 4.75. The molecule has 2 heteroatoms. The first kappa shape index (κ1) is 9.33. The number of rotatable bonds is 1. The molecule has 0 aromatic carbocycles. The summed E-state index contributed by atoms with van der Waals surface area (Å²) in [7, 11) is 1.70. The highest BCUT2D eigenvalue weighted by Gasteiger charge is 1.78. The first-order valence-corrected chi connectivity index (χ1v) is 1.80. The summed E-state index contributed by atoms with van der Waals surface area (Å²) in [5, 5.41) is 0.